The van der Waals surface area contributed by atoms with E-state index in [-0.39, 0.29) is 0 Å². The van der Waals surface area contributed by atoms with E-state index in [2.05, 4.69) is 39.2 Å². The molecule has 0 fully saturated rings. The smallest absolute Gasteiger partial charge is 0.0305 e. The first kappa shape index (κ1) is 15.4. The van der Waals surface area contributed by atoms with Crippen molar-refractivity contribution in [2.24, 2.45) is 0 Å². The summed E-state index contributed by atoms with van der Waals surface area (Å²) in [5, 5.41) is 0. The second kappa shape index (κ2) is 12.0. The van der Waals surface area contributed by atoms with Crippen molar-refractivity contribution in [1.29, 1.82) is 0 Å². The summed E-state index contributed by atoms with van der Waals surface area (Å²) in [5.41, 5.74) is 2.71. The van der Waals surface area contributed by atoms with E-state index < -0.39 is 0 Å². The van der Waals surface area contributed by atoms with Crippen LogP contribution in [0.4, 0.5) is 0 Å². The van der Waals surface area contributed by atoms with Gasteiger partial charge in [-0.2, -0.15) is 0 Å². The lowest BCUT2D eigenvalue weighted by Crippen LogP contribution is -1.86. The molecule has 0 rings (SSSR count). The Morgan fingerprint density at radius 3 is 1.29 bits per heavy atom. The molecule has 0 saturated heterocycles. The van der Waals surface area contributed by atoms with E-state index in [4.69, 9.17) is 0 Å². The van der Waals surface area contributed by atoms with Crippen molar-refractivity contribution in [2.75, 3.05) is 0 Å². The zero-order chi connectivity index (χ0) is 11.4. The Morgan fingerprint density at radius 2 is 1.14 bits per heavy atom. The van der Waals surface area contributed by atoms with Crippen molar-refractivity contribution in [3.8, 4) is 0 Å². The quantitative estimate of drug-likeness (QED) is 0.534. The number of allylic oxidation sites excluding steroid dienone is 6. The Hall–Kier alpha value is -1.04. The van der Waals surface area contributed by atoms with Crippen LogP contribution < -0.4 is 0 Å². The molecule has 0 N–H and O–H groups in total. The SMILES string of the molecule is C=C/C=C(CC)\C(=C/C=C)CC.CC. The van der Waals surface area contributed by atoms with Gasteiger partial charge < -0.3 is 0 Å². The maximum Gasteiger partial charge on any atom is -0.0305 e. The minimum atomic E-state index is 1.06. The minimum absolute atomic E-state index is 1.06. The molecule has 0 aliphatic carbocycles. The summed E-state index contributed by atoms with van der Waals surface area (Å²) in [7, 11) is 0. The molecule has 0 aromatic heterocycles. The number of hydrogen-bond acceptors (Lipinski definition) is 0. The lowest BCUT2D eigenvalue weighted by atomic mass is 10.0. The maximum absolute atomic E-state index is 3.70. The molecule has 14 heavy (non-hydrogen) atoms. The molecule has 0 saturated carbocycles. The summed E-state index contributed by atoms with van der Waals surface area (Å²) in [6.07, 6.45) is 9.92. The van der Waals surface area contributed by atoms with Gasteiger partial charge in [-0.25, -0.2) is 0 Å². The number of hydrogen-bond donors (Lipinski definition) is 0. The zero-order valence-electron chi connectivity index (χ0n) is 10.1. The van der Waals surface area contributed by atoms with Crippen LogP contribution in [-0.4, -0.2) is 0 Å². The monoisotopic (exact) mass is 192 g/mol. The fourth-order valence-corrected chi connectivity index (χ4v) is 1.19. The maximum atomic E-state index is 3.70. The Balaban J connectivity index is 0. The summed E-state index contributed by atoms with van der Waals surface area (Å²) in [6.45, 7) is 15.7. The second-order valence-corrected chi connectivity index (χ2v) is 2.56. The summed E-state index contributed by atoms with van der Waals surface area (Å²) in [4.78, 5) is 0. The lowest BCUT2D eigenvalue weighted by molar-refractivity contribution is 1.02. The van der Waals surface area contributed by atoms with Crippen LogP contribution in [0.3, 0.4) is 0 Å². The largest absolute Gasteiger partial charge is 0.0991 e. The standard InChI is InChI=1S/C12H18.C2H6/c1-5-9-11(7-3)12(8-4)10-6-2;1-2/h5-6,9-10H,1-2,7-8H2,3-4H3;1-2H3/b11-9-,12-10-;. The zero-order valence-corrected chi connectivity index (χ0v) is 10.1. The van der Waals surface area contributed by atoms with Gasteiger partial charge in [-0.05, 0) is 24.0 Å². The van der Waals surface area contributed by atoms with Crippen molar-refractivity contribution >= 4 is 0 Å². The number of rotatable bonds is 5. The Labute approximate surface area is 89.7 Å². The minimum Gasteiger partial charge on any atom is -0.0991 e. The van der Waals surface area contributed by atoms with E-state index in [1.807, 2.05) is 26.0 Å². The van der Waals surface area contributed by atoms with E-state index in [0.717, 1.165) is 12.8 Å². The molecular formula is C14H24. The average Bonchev–Trinajstić information content (AvgIpc) is 2.26. The summed E-state index contributed by atoms with van der Waals surface area (Å²) in [6, 6.07) is 0. The second-order valence-electron chi connectivity index (χ2n) is 2.56. The molecule has 0 aliphatic heterocycles. The van der Waals surface area contributed by atoms with Crippen LogP contribution in [0.5, 0.6) is 0 Å². The van der Waals surface area contributed by atoms with Crippen LogP contribution in [-0.2, 0) is 0 Å². The fraction of sp³-hybridized carbons (Fsp3) is 0.429. The van der Waals surface area contributed by atoms with Gasteiger partial charge in [-0.1, -0.05) is 65.2 Å². The molecule has 0 aromatic rings. The Bertz CT molecular complexity index is 180. The Kier molecular flexibility index (Phi) is 13.2. The van der Waals surface area contributed by atoms with Gasteiger partial charge in [0, 0.05) is 0 Å². The third-order valence-electron chi connectivity index (χ3n) is 1.81. The van der Waals surface area contributed by atoms with E-state index >= 15 is 0 Å². The summed E-state index contributed by atoms with van der Waals surface area (Å²) >= 11 is 0. The molecule has 0 spiro atoms. The summed E-state index contributed by atoms with van der Waals surface area (Å²) < 4.78 is 0. The molecule has 0 amide bonds. The highest BCUT2D eigenvalue weighted by Gasteiger charge is 1.97. The van der Waals surface area contributed by atoms with E-state index in [1.54, 1.807) is 0 Å². The third-order valence-corrected chi connectivity index (χ3v) is 1.81. The van der Waals surface area contributed by atoms with Crippen LogP contribution in [0.1, 0.15) is 40.5 Å². The van der Waals surface area contributed by atoms with Crippen LogP contribution in [0.2, 0.25) is 0 Å². The first-order chi connectivity index (χ1) is 6.79. The first-order valence-corrected chi connectivity index (χ1v) is 5.43. The molecule has 0 radical (unpaired) electrons. The topological polar surface area (TPSA) is 0 Å². The summed E-state index contributed by atoms with van der Waals surface area (Å²) in [5.74, 6) is 0. The highest BCUT2D eigenvalue weighted by Crippen LogP contribution is 2.17. The highest BCUT2D eigenvalue weighted by atomic mass is 14.0. The van der Waals surface area contributed by atoms with Crippen molar-refractivity contribution in [2.45, 2.75) is 40.5 Å². The van der Waals surface area contributed by atoms with Crippen molar-refractivity contribution in [3.63, 3.8) is 0 Å². The molecule has 0 nitrogen and oxygen atoms in total. The molecule has 0 aliphatic rings. The first-order valence-electron chi connectivity index (χ1n) is 5.43. The average molecular weight is 192 g/mol. The molecule has 0 unspecified atom stereocenters. The normalized spacial score (nSPS) is 11.4. The van der Waals surface area contributed by atoms with Gasteiger partial charge in [0.05, 0.1) is 0 Å². The molecule has 80 valence electrons. The predicted octanol–water partition coefficient (Wildman–Crippen LogP) is 5.06. The van der Waals surface area contributed by atoms with E-state index in [0.29, 0.717) is 0 Å². The van der Waals surface area contributed by atoms with Crippen LogP contribution in [0.25, 0.3) is 0 Å². The van der Waals surface area contributed by atoms with E-state index in [1.165, 1.54) is 11.1 Å². The molecule has 0 aromatic carbocycles. The van der Waals surface area contributed by atoms with Gasteiger partial charge >= 0.3 is 0 Å². The van der Waals surface area contributed by atoms with E-state index in [9.17, 15) is 0 Å². The third kappa shape index (κ3) is 6.47. The predicted molar refractivity (Wildman–Crippen MR) is 68.5 cm³/mol. The van der Waals surface area contributed by atoms with Gasteiger partial charge in [0.1, 0.15) is 0 Å². The van der Waals surface area contributed by atoms with Crippen molar-refractivity contribution in [3.05, 3.63) is 48.6 Å². The van der Waals surface area contributed by atoms with Gasteiger partial charge in [-0.15, -0.1) is 0 Å². The molecule has 0 heterocycles. The van der Waals surface area contributed by atoms with Crippen LogP contribution >= 0.6 is 0 Å². The van der Waals surface area contributed by atoms with Crippen LogP contribution in [0.15, 0.2) is 48.6 Å². The van der Waals surface area contributed by atoms with Gasteiger partial charge in [-0.3, -0.25) is 0 Å². The van der Waals surface area contributed by atoms with Crippen molar-refractivity contribution in [1.82, 2.24) is 0 Å². The Morgan fingerprint density at radius 1 is 0.857 bits per heavy atom. The molecule has 0 heteroatoms. The lowest BCUT2D eigenvalue weighted by Gasteiger charge is -2.05. The van der Waals surface area contributed by atoms with Gasteiger partial charge in [0.15, 0.2) is 0 Å². The van der Waals surface area contributed by atoms with Gasteiger partial charge in [0.2, 0.25) is 0 Å². The van der Waals surface area contributed by atoms with Crippen LogP contribution in [0, 0.1) is 0 Å². The van der Waals surface area contributed by atoms with Gasteiger partial charge in [0.25, 0.3) is 0 Å². The highest BCUT2D eigenvalue weighted by molar-refractivity contribution is 5.34. The fourth-order valence-electron chi connectivity index (χ4n) is 1.19. The van der Waals surface area contributed by atoms with Crippen molar-refractivity contribution < 1.29 is 0 Å². The molecule has 0 bridgehead atoms. The molecule has 0 atom stereocenters. The molecular weight excluding hydrogens is 168 g/mol.